The third-order valence-electron chi connectivity index (χ3n) is 4.43. The van der Waals surface area contributed by atoms with Crippen LogP contribution in [0.15, 0.2) is 35.5 Å². The summed E-state index contributed by atoms with van der Waals surface area (Å²) in [6, 6.07) is 7.55. The number of carbonyl (C=O) groups excluding carboxylic acids is 1. The number of ether oxygens (including phenoxy) is 3. The van der Waals surface area contributed by atoms with Crippen molar-refractivity contribution in [1.82, 2.24) is 9.97 Å². The topological polar surface area (TPSA) is 70.5 Å². The number of ketones is 1. The van der Waals surface area contributed by atoms with Crippen molar-refractivity contribution >= 4 is 17.5 Å². The fourth-order valence-corrected chi connectivity index (χ4v) is 4.19. The van der Waals surface area contributed by atoms with Crippen molar-refractivity contribution in [3.8, 4) is 17.0 Å². The van der Waals surface area contributed by atoms with E-state index in [1.54, 1.807) is 24.3 Å². The largest absolute Gasteiger partial charge is 0.496 e. The Morgan fingerprint density at radius 2 is 2.04 bits per heavy atom. The average Bonchev–Trinajstić information content (AvgIpc) is 3.11. The molecule has 0 spiro atoms. The number of thioether (sulfide) groups is 1. The molecule has 2 bridgehead atoms. The number of fused-ring (bicyclic) bond motifs is 2. The van der Waals surface area contributed by atoms with Gasteiger partial charge in [0.1, 0.15) is 11.4 Å². The first kappa shape index (κ1) is 19.2. The fourth-order valence-electron chi connectivity index (χ4n) is 3.08. The maximum Gasteiger partial charge on any atom is 0.433 e. The maximum atomic E-state index is 13.4. The van der Waals surface area contributed by atoms with Crippen molar-refractivity contribution in [2.45, 2.75) is 35.4 Å². The van der Waals surface area contributed by atoms with Crippen LogP contribution in [0.1, 0.15) is 12.1 Å². The van der Waals surface area contributed by atoms with Gasteiger partial charge < -0.3 is 14.2 Å². The van der Waals surface area contributed by atoms with Crippen molar-refractivity contribution in [2.24, 2.45) is 0 Å². The van der Waals surface area contributed by atoms with Gasteiger partial charge in [-0.15, -0.1) is 0 Å². The summed E-state index contributed by atoms with van der Waals surface area (Å²) in [6.07, 6.45) is -5.77. The molecule has 2 aromatic rings. The predicted molar refractivity (Wildman–Crippen MR) is 92.9 cm³/mol. The molecule has 0 unspecified atom stereocenters. The lowest BCUT2D eigenvalue weighted by molar-refractivity contribution is -0.151. The monoisotopic (exact) mass is 412 g/mol. The molecule has 1 aromatic carbocycles. The van der Waals surface area contributed by atoms with E-state index < -0.39 is 23.4 Å². The van der Waals surface area contributed by atoms with Crippen molar-refractivity contribution in [3.63, 3.8) is 0 Å². The molecule has 2 fully saturated rings. The number of hydrogen-bond donors (Lipinski definition) is 0. The summed E-state index contributed by atoms with van der Waals surface area (Å²) < 4.78 is 56.1. The molecular formula is C18H15F3N2O4S. The van der Waals surface area contributed by atoms with Crippen LogP contribution in [-0.4, -0.2) is 47.1 Å². The number of nitrogens with zero attached hydrogens (tertiary/aromatic N) is 2. The second-order valence-corrected chi connectivity index (χ2v) is 7.49. The molecule has 0 amide bonds. The number of Topliss-reactive ketones (excluding diaryl/α,β-unsaturated/α-hetero) is 1. The van der Waals surface area contributed by atoms with Crippen LogP contribution in [0.2, 0.25) is 0 Å². The van der Waals surface area contributed by atoms with Gasteiger partial charge in [-0.3, -0.25) is 4.79 Å². The van der Waals surface area contributed by atoms with Gasteiger partial charge in [-0.2, -0.15) is 13.2 Å². The van der Waals surface area contributed by atoms with Gasteiger partial charge in [0.2, 0.25) is 6.29 Å². The molecule has 0 radical (unpaired) electrons. The maximum absolute atomic E-state index is 13.4. The van der Waals surface area contributed by atoms with Gasteiger partial charge in [-0.05, 0) is 18.2 Å². The minimum absolute atomic E-state index is 0.0810. The first-order chi connectivity index (χ1) is 13.3. The van der Waals surface area contributed by atoms with Gasteiger partial charge in [0.15, 0.2) is 10.9 Å². The van der Waals surface area contributed by atoms with Crippen LogP contribution >= 0.6 is 11.8 Å². The summed E-state index contributed by atoms with van der Waals surface area (Å²) in [5, 5.41) is -0.497. The summed E-state index contributed by atoms with van der Waals surface area (Å²) >= 11 is 0.991. The highest BCUT2D eigenvalue weighted by Gasteiger charge is 2.44. The Bertz CT molecular complexity index is 909. The normalized spacial score (nSPS) is 24.4. The van der Waals surface area contributed by atoms with E-state index >= 15 is 0 Å². The number of rotatable bonds is 4. The Morgan fingerprint density at radius 3 is 2.79 bits per heavy atom. The molecule has 0 aliphatic carbocycles. The number of aromatic nitrogens is 2. The number of benzene rings is 1. The number of methoxy groups -OCH3 is 1. The van der Waals surface area contributed by atoms with Gasteiger partial charge in [0, 0.05) is 17.2 Å². The van der Waals surface area contributed by atoms with Crippen molar-refractivity contribution < 1.29 is 32.2 Å². The number of alkyl halides is 3. The van der Waals surface area contributed by atoms with E-state index in [-0.39, 0.29) is 35.8 Å². The Hall–Kier alpha value is -2.17. The van der Waals surface area contributed by atoms with Gasteiger partial charge in [0.05, 0.1) is 25.5 Å². The van der Waals surface area contributed by atoms with Crippen molar-refractivity contribution in [1.29, 1.82) is 0 Å². The second kappa shape index (κ2) is 7.34. The van der Waals surface area contributed by atoms with Crippen LogP contribution in [0.25, 0.3) is 11.3 Å². The third kappa shape index (κ3) is 3.71. The van der Waals surface area contributed by atoms with E-state index in [0.29, 0.717) is 11.3 Å². The highest BCUT2D eigenvalue weighted by Crippen LogP contribution is 2.39. The lowest BCUT2D eigenvalue weighted by Gasteiger charge is -2.25. The van der Waals surface area contributed by atoms with E-state index in [4.69, 9.17) is 14.2 Å². The summed E-state index contributed by atoms with van der Waals surface area (Å²) in [6.45, 7) is 0.215. The Morgan fingerprint density at radius 1 is 1.25 bits per heavy atom. The molecule has 2 aliphatic rings. The summed E-state index contributed by atoms with van der Waals surface area (Å²) in [5.74, 6) is 0.164. The second-order valence-electron chi connectivity index (χ2n) is 6.29. The Balaban J connectivity index is 1.72. The lowest BCUT2D eigenvalue weighted by Crippen LogP contribution is -2.37. The van der Waals surface area contributed by atoms with E-state index in [1.165, 1.54) is 7.11 Å². The molecule has 10 heteroatoms. The van der Waals surface area contributed by atoms with Gasteiger partial charge in [-0.25, -0.2) is 9.97 Å². The zero-order chi connectivity index (χ0) is 19.9. The molecule has 0 N–H and O–H groups in total. The molecule has 2 aliphatic heterocycles. The molecule has 3 atom stereocenters. The van der Waals surface area contributed by atoms with E-state index in [1.807, 2.05) is 0 Å². The third-order valence-corrected chi connectivity index (χ3v) is 5.59. The standard InChI is InChI=1S/C18H15F3N2O4S/c1-25-12-5-3-2-4-9(12)10-6-15(18(19,20)21)23-17(22-10)28-14-7-11(24)16-26-8-13(14)27-16/h2-6,13-14,16H,7-8H2,1H3/t13-,14-,16-/m1/s1. The average molecular weight is 412 g/mol. The smallest absolute Gasteiger partial charge is 0.433 e. The van der Waals surface area contributed by atoms with Crippen molar-refractivity contribution in [2.75, 3.05) is 13.7 Å². The molecular weight excluding hydrogens is 397 g/mol. The van der Waals surface area contributed by atoms with Crippen LogP contribution in [0.3, 0.4) is 0 Å². The first-order valence-corrected chi connectivity index (χ1v) is 9.29. The SMILES string of the molecule is COc1ccccc1-c1cc(C(F)(F)F)nc(S[C@@H]2CC(=O)[C@@H]3OC[C@H]2O3)n1. The minimum atomic E-state index is -4.64. The highest BCUT2D eigenvalue weighted by atomic mass is 32.2. The summed E-state index contributed by atoms with van der Waals surface area (Å²) in [4.78, 5) is 19.9. The highest BCUT2D eigenvalue weighted by molar-refractivity contribution is 7.99. The minimum Gasteiger partial charge on any atom is -0.496 e. The van der Waals surface area contributed by atoms with E-state index in [9.17, 15) is 18.0 Å². The van der Waals surface area contributed by atoms with Crippen molar-refractivity contribution in [3.05, 3.63) is 36.0 Å². The quantitative estimate of drug-likeness (QED) is 0.714. The predicted octanol–water partition coefficient (Wildman–Crippen LogP) is 3.35. The number of hydrogen-bond acceptors (Lipinski definition) is 7. The molecule has 1 aromatic heterocycles. The Labute approximate surface area is 162 Å². The van der Waals surface area contributed by atoms with Gasteiger partial charge in [-0.1, -0.05) is 23.9 Å². The van der Waals surface area contributed by atoms with E-state index in [2.05, 4.69) is 9.97 Å². The molecule has 28 heavy (non-hydrogen) atoms. The summed E-state index contributed by atoms with van der Waals surface area (Å²) in [7, 11) is 1.43. The molecule has 3 heterocycles. The van der Waals surface area contributed by atoms with E-state index in [0.717, 1.165) is 17.8 Å². The van der Waals surface area contributed by atoms with Crippen LogP contribution < -0.4 is 4.74 Å². The molecule has 148 valence electrons. The summed E-state index contributed by atoms with van der Waals surface area (Å²) in [5.41, 5.74) is -0.555. The van der Waals surface area contributed by atoms with Crippen LogP contribution in [0.4, 0.5) is 13.2 Å². The number of carbonyl (C=O) groups is 1. The number of para-hydroxylation sites is 1. The Kier molecular flexibility index (Phi) is 5.02. The lowest BCUT2D eigenvalue weighted by atomic mass is 10.1. The number of halogens is 3. The van der Waals surface area contributed by atoms with Crippen LogP contribution in [0.5, 0.6) is 5.75 Å². The zero-order valence-electron chi connectivity index (χ0n) is 14.6. The first-order valence-electron chi connectivity index (χ1n) is 8.41. The zero-order valence-corrected chi connectivity index (χ0v) is 15.4. The van der Waals surface area contributed by atoms with Gasteiger partial charge >= 0.3 is 6.18 Å². The van der Waals surface area contributed by atoms with Crippen LogP contribution in [0, 0.1) is 0 Å². The molecule has 0 saturated carbocycles. The van der Waals surface area contributed by atoms with Gasteiger partial charge in [0.25, 0.3) is 0 Å². The van der Waals surface area contributed by atoms with Crippen LogP contribution in [-0.2, 0) is 20.4 Å². The molecule has 2 saturated heterocycles. The molecule has 6 nitrogen and oxygen atoms in total. The molecule has 4 rings (SSSR count). The fraction of sp³-hybridized carbons (Fsp3) is 0.389.